The van der Waals surface area contributed by atoms with Crippen LogP contribution in [-0.4, -0.2) is 76.4 Å². The van der Waals surface area contributed by atoms with Gasteiger partial charge in [-0.1, -0.05) is 50.6 Å². The number of carbonyl (C=O) groups excluding carboxylic acids is 3. The molecule has 0 saturated carbocycles. The van der Waals surface area contributed by atoms with Gasteiger partial charge in [-0.15, -0.1) is 0 Å². The van der Waals surface area contributed by atoms with Gasteiger partial charge in [-0.2, -0.15) is 11.8 Å². The van der Waals surface area contributed by atoms with Crippen LogP contribution in [0.1, 0.15) is 45.1 Å². The quantitative estimate of drug-likeness (QED) is 0.317. The Balaban J connectivity index is 2.23. The third-order valence-corrected chi connectivity index (χ3v) is 7.17. The minimum absolute atomic E-state index is 0.0465. The molecule has 0 spiro atoms. The average molecular weight is 507 g/mol. The number of rotatable bonds is 13. The van der Waals surface area contributed by atoms with Crippen LogP contribution in [0.25, 0.3) is 0 Å². The second-order valence-electron chi connectivity index (χ2n) is 9.03. The fourth-order valence-electron chi connectivity index (χ4n) is 4.09. The number of carboxylic acids is 1. The molecule has 5 N–H and O–H groups in total. The van der Waals surface area contributed by atoms with Crippen molar-refractivity contribution < 1.29 is 24.3 Å². The van der Waals surface area contributed by atoms with Gasteiger partial charge in [-0.3, -0.25) is 14.4 Å². The summed E-state index contributed by atoms with van der Waals surface area (Å²) in [5.41, 5.74) is 6.89. The van der Waals surface area contributed by atoms with Gasteiger partial charge in [0, 0.05) is 13.0 Å². The van der Waals surface area contributed by atoms with Crippen molar-refractivity contribution in [3.8, 4) is 0 Å². The summed E-state index contributed by atoms with van der Waals surface area (Å²) in [7, 11) is 0. The van der Waals surface area contributed by atoms with Crippen LogP contribution in [0.2, 0.25) is 0 Å². The second-order valence-corrected chi connectivity index (χ2v) is 10.0. The van der Waals surface area contributed by atoms with Crippen LogP contribution in [0, 0.1) is 5.92 Å². The Morgan fingerprint density at radius 3 is 2.40 bits per heavy atom. The fraction of sp³-hybridized carbons (Fsp3) is 0.600. The van der Waals surface area contributed by atoms with Crippen molar-refractivity contribution in [1.29, 1.82) is 0 Å². The van der Waals surface area contributed by atoms with E-state index in [1.54, 1.807) is 11.8 Å². The van der Waals surface area contributed by atoms with Crippen molar-refractivity contribution in [2.45, 2.75) is 70.1 Å². The number of hydrogen-bond donors (Lipinski definition) is 4. The number of likely N-dealkylation sites (tertiary alicyclic amines) is 1. The van der Waals surface area contributed by atoms with Crippen LogP contribution in [0.4, 0.5) is 0 Å². The maximum Gasteiger partial charge on any atom is 0.326 e. The molecule has 1 aromatic rings. The molecule has 1 aromatic carbocycles. The smallest absolute Gasteiger partial charge is 0.326 e. The maximum absolute atomic E-state index is 13.4. The van der Waals surface area contributed by atoms with Gasteiger partial charge < -0.3 is 26.4 Å². The molecular formula is C25H38N4O5S. The van der Waals surface area contributed by atoms with Crippen molar-refractivity contribution in [1.82, 2.24) is 15.5 Å². The standard InChI is InChI=1S/C25H38N4O5S/c1-4-16(2)21(26)23(31)27-18(12-14-35-3)22(30)28-19(15-17-9-6-5-7-10-17)24(32)29-13-8-11-20(29)25(33)34/h5-7,9-10,16,18-21H,4,8,11-15,26H2,1-3H3,(H,27,31)(H,28,30)(H,33,34). The first-order chi connectivity index (χ1) is 16.7. The summed E-state index contributed by atoms with van der Waals surface area (Å²) in [5, 5.41) is 15.1. The molecule has 1 fully saturated rings. The van der Waals surface area contributed by atoms with Gasteiger partial charge in [0.1, 0.15) is 18.1 Å². The van der Waals surface area contributed by atoms with Crippen LogP contribution in [0.3, 0.4) is 0 Å². The van der Waals surface area contributed by atoms with E-state index in [1.807, 2.05) is 50.4 Å². The summed E-state index contributed by atoms with van der Waals surface area (Å²) >= 11 is 1.54. The first-order valence-corrected chi connectivity index (χ1v) is 13.5. The number of nitrogens with one attached hydrogen (secondary N) is 2. The summed E-state index contributed by atoms with van der Waals surface area (Å²) in [5.74, 6) is -1.79. The number of aliphatic carboxylic acids is 1. The highest BCUT2D eigenvalue weighted by molar-refractivity contribution is 7.98. The molecule has 0 aromatic heterocycles. The molecule has 1 aliphatic rings. The Bertz CT molecular complexity index is 869. The van der Waals surface area contributed by atoms with Crippen LogP contribution in [0.5, 0.6) is 0 Å². The Kier molecular flexibility index (Phi) is 11.5. The van der Waals surface area contributed by atoms with E-state index in [9.17, 15) is 24.3 Å². The second kappa shape index (κ2) is 14.1. The third kappa shape index (κ3) is 8.24. The monoisotopic (exact) mass is 506 g/mol. The maximum atomic E-state index is 13.4. The molecule has 0 radical (unpaired) electrons. The minimum atomic E-state index is -1.05. The highest BCUT2D eigenvalue weighted by Crippen LogP contribution is 2.20. The van der Waals surface area contributed by atoms with Crippen molar-refractivity contribution in [3.05, 3.63) is 35.9 Å². The fourth-order valence-corrected chi connectivity index (χ4v) is 4.57. The van der Waals surface area contributed by atoms with Crippen molar-refractivity contribution in [2.75, 3.05) is 18.6 Å². The molecule has 2 rings (SSSR count). The number of thioether (sulfide) groups is 1. The molecular weight excluding hydrogens is 468 g/mol. The van der Waals surface area contributed by atoms with E-state index in [0.717, 1.165) is 12.0 Å². The zero-order valence-corrected chi connectivity index (χ0v) is 21.6. The van der Waals surface area contributed by atoms with E-state index >= 15 is 0 Å². The van der Waals surface area contributed by atoms with Gasteiger partial charge in [-0.25, -0.2) is 4.79 Å². The lowest BCUT2D eigenvalue weighted by Crippen LogP contribution is -2.58. The van der Waals surface area contributed by atoms with E-state index in [1.165, 1.54) is 4.90 Å². The zero-order chi connectivity index (χ0) is 26.0. The molecule has 3 amide bonds. The molecule has 0 bridgehead atoms. The zero-order valence-electron chi connectivity index (χ0n) is 20.7. The summed E-state index contributed by atoms with van der Waals surface area (Å²) in [6.07, 6.45) is 4.19. The number of hydrogen-bond acceptors (Lipinski definition) is 6. The Hall–Kier alpha value is -2.59. The molecule has 10 heteroatoms. The molecule has 1 aliphatic heterocycles. The summed E-state index contributed by atoms with van der Waals surface area (Å²) in [4.78, 5) is 52.5. The third-order valence-electron chi connectivity index (χ3n) is 6.52. The first kappa shape index (κ1) is 28.6. The Labute approximate surface area is 211 Å². The molecule has 0 aliphatic carbocycles. The molecule has 5 atom stereocenters. The molecule has 9 nitrogen and oxygen atoms in total. The van der Waals surface area contributed by atoms with Gasteiger partial charge in [0.05, 0.1) is 6.04 Å². The van der Waals surface area contributed by atoms with Crippen LogP contribution >= 0.6 is 11.8 Å². The molecule has 1 saturated heterocycles. The average Bonchev–Trinajstić information content (AvgIpc) is 3.35. The first-order valence-electron chi connectivity index (χ1n) is 12.1. The minimum Gasteiger partial charge on any atom is -0.480 e. The normalized spacial score (nSPS) is 18.9. The van der Waals surface area contributed by atoms with Crippen molar-refractivity contribution >= 4 is 35.5 Å². The highest BCUT2D eigenvalue weighted by Gasteiger charge is 2.38. The SMILES string of the molecule is CCC(C)C(N)C(=O)NC(CCSC)C(=O)NC(Cc1ccccc1)C(=O)N1CCCC1C(=O)O. The molecule has 194 valence electrons. The molecule has 1 heterocycles. The lowest BCUT2D eigenvalue weighted by atomic mass is 9.99. The van der Waals surface area contributed by atoms with E-state index in [2.05, 4.69) is 10.6 Å². The number of carboxylic acid groups (broad SMARTS) is 1. The molecule has 35 heavy (non-hydrogen) atoms. The van der Waals surface area contributed by atoms with E-state index in [-0.39, 0.29) is 12.3 Å². The number of benzene rings is 1. The summed E-state index contributed by atoms with van der Waals surface area (Å²) in [6.45, 7) is 4.15. The van der Waals surface area contributed by atoms with E-state index < -0.39 is 47.9 Å². The lowest BCUT2D eigenvalue weighted by Gasteiger charge is -2.29. The summed E-state index contributed by atoms with van der Waals surface area (Å²) < 4.78 is 0. The molecule has 5 unspecified atom stereocenters. The van der Waals surface area contributed by atoms with Gasteiger partial charge in [0.25, 0.3) is 0 Å². The predicted molar refractivity (Wildman–Crippen MR) is 137 cm³/mol. The lowest BCUT2D eigenvalue weighted by molar-refractivity contribution is -0.149. The van der Waals surface area contributed by atoms with Crippen molar-refractivity contribution in [3.63, 3.8) is 0 Å². The van der Waals surface area contributed by atoms with Gasteiger partial charge in [0.15, 0.2) is 0 Å². The van der Waals surface area contributed by atoms with Gasteiger partial charge in [-0.05, 0) is 42.8 Å². The van der Waals surface area contributed by atoms with Crippen LogP contribution < -0.4 is 16.4 Å². The van der Waals surface area contributed by atoms with Gasteiger partial charge in [0.2, 0.25) is 17.7 Å². The summed E-state index contributed by atoms with van der Waals surface area (Å²) in [6, 6.07) is 5.77. The Morgan fingerprint density at radius 1 is 1.14 bits per heavy atom. The Morgan fingerprint density at radius 2 is 1.80 bits per heavy atom. The van der Waals surface area contributed by atoms with Crippen LogP contribution in [0.15, 0.2) is 30.3 Å². The highest BCUT2D eigenvalue weighted by atomic mass is 32.2. The van der Waals surface area contributed by atoms with E-state index in [4.69, 9.17) is 5.73 Å². The van der Waals surface area contributed by atoms with Crippen LogP contribution in [-0.2, 0) is 25.6 Å². The van der Waals surface area contributed by atoms with Gasteiger partial charge >= 0.3 is 5.97 Å². The largest absolute Gasteiger partial charge is 0.480 e. The number of amides is 3. The van der Waals surface area contributed by atoms with Crippen molar-refractivity contribution in [2.24, 2.45) is 11.7 Å². The topological polar surface area (TPSA) is 142 Å². The predicted octanol–water partition coefficient (Wildman–Crippen LogP) is 1.40. The van der Waals surface area contributed by atoms with E-state index in [0.29, 0.717) is 31.6 Å². The number of carbonyl (C=O) groups is 4. The number of nitrogens with two attached hydrogens (primary N) is 1. The number of nitrogens with zero attached hydrogens (tertiary/aromatic N) is 1.